The van der Waals surface area contributed by atoms with Gasteiger partial charge in [0.1, 0.15) is 11.0 Å². The van der Waals surface area contributed by atoms with Gasteiger partial charge in [-0.15, -0.1) is 16.8 Å². The number of tetrazole rings is 2. The molecule has 0 bridgehead atoms. The molecular formula is C28H26Cl4N12O5. The number of allylic oxidation sites excluding steroid dienone is 1. The average Bonchev–Trinajstić information content (AvgIpc) is 3.77. The van der Waals surface area contributed by atoms with Crippen LogP contribution in [0.4, 0.5) is 0 Å². The molecule has 4 heterocycles. The van der Waals surface area contributed by atoms with Gasteiger partial charge < -0.3 is 24.1 Å². The molecule has 17 nitrogen and oxygen atoms in total. The van der Waals surface area contributed by atoms with Gasteiger partial charge in [-0.2, -0.15) is 0 Å². The Morgan fingerprint density at radius 3 is 1.55 bits per heavy atom. The SMILES string of the molecule is C=CCn1nnnc1-c1c(Cl)c(Cl)cc2nc(OC)c(OC)nc12.COc1nc2cc(Cl)c(Cl)c(-c3nnnn3CCCO)c2nc1OC. The summed E-state index contributed by atoms with van der Waals surface area (Å²) < 4.78 is 23.8. The molecule has 4 aromatic heterocycles. The minimum atomic E-state index is 0.00809. The highest BCUT2D eigenvalue weighted by molar-refractivity contribution is 6.45. The summed E-state index contributed by atoms with van der Waals surface area (Å²) in [4.78, 5) is 17.6. The molecule has 0 aliphatic heterocycles. The number of halogens is 4. The molecule has 49 heavy (non-hydrogen) atoms. The van der Waals surface area contributed by atoms with Crippen LogP contribution in [-0.4, -0.2) is 101 Å². The van der Waals surface area contributed by atoms with Gasteiger partial charge in [-0.3, -0.25) is 0 Å². The third kappa shape index (κ3) is 7.06. The van der Waals surface area contributed by atoms with Crippen molar-refractivity contribution in [2.45, 2.75) is 19.5 Å². The Balaban J connectivity index is 0.000000191. The van der Waals surface area contributed by atoms with E-state index in [2.05, 4.69) is 57.6 Å². The average molecular weight is 752 g/mol. The van der Waals surface area contributed by atoms with Gasteiger partial charge in [-0.1, -0.05) is 52.5 Å². The van der Waals surface area contributed by atoms with Gasteiger partial charge >= 0.3 is 0 Å². The van der Waals surface area contributed by atoms with Gasteiger partial charge in [0.25, 0.3) is 23.5 Å². The van der Waals surface area contributed by atoms with Crippen molar-refractivity contribution in [3.63, 3.8) is 0 Å². The molecule has 0 saturated carbocycles. The number of ether oxygens (including phenoxy) is 4. The molecule has 2 aromatic carbocycles. The first-order valence-electron chi connectivity index (χ1n) is 14.0. The molecule has 1 N–H and O–H groups in total. The van der Waals surface area contributed by atoms with Crippen molar-refractivity contribution >= 4 is 68.5 Å². The van der Waals surface area contributed by atoms with E-state index in [-0.39, 0.29) is 45.2 Å². The highest BCUT2D eigenvalue weighted by Gasteiger charge is 2.24. The number of benzene rings is 2. The minimum absolute atomic E-state index is 0.00809. The van der Waals surface area contributed by atoms with Crippen LogP contribution in [0.5, 0.6) is 23.5 Å². The third-order valence-electron chi connectivity index (χ3n) is 6.70. The molecule has 0 spiro atoms. The lowest BCUT2D eigenvalue weighted by Crippen LogP contribution is -2.06. The normalized spacial score (nSPS) is 11.0. The van der Waals surface area contributed by atoms with Crippen LogP contribution in [-0.2, 0) is 13.1 Å². The standard InChI is InChI=1S/C14H14Cl2N6O3.C14H12Cl2N6O2/c1-24-13-14(25-2)18-11-8(17-13)6-7(15)10(16)9(11)12-19-20-21-22(12)4-3-5-23;1-4-5-22-12(19-20-21-22)9-10(16)7(15)6-8-11(9)18-14(24-3)13(17-8)23-2/h6,23H,3-5H2,1-2H3;4,6H,1,5H2,2-3H3. The number of aryl methyl sites for hydroxylation is 1. The maximum atomic E-state index is 9.04. The van der Waals surface area contributed by atoms with Crippen molar-refractivity contribution in [2.24, 2.45) is 0 Å². The van der Waals surface area contributed by atoms with Crippen LogP contribution in [0, 0.1) is 0 Å². The molecule has 256 valence electrons. The smallest absolute Gasteiger partial charge is 0.278 e. The zero-order valence-electron chi connectivity index (χ0n) is 26.2. The zero-order valence-corrected chi connectivity index (χ0v) is 29.2. The van der Waals surface area contributed by atoms with Crippen molar-refractivity contribution in [1.82, 2.24) is 60.4 Å². The Hall–Kier alpha value is -4.68. The fourth-order valence-corrected chi connectivity index (χ4v) is 5.39. The second kappa shape index (κ2) is 15.7. The Kier molecular flexibility index (Phi) is 11.4. The van der Waals surface area contributed by atoms with Crippen molar-refractivity contribution in [3.8, 4) is 46.3 Å². The van der Waals surface area contributed by atoms with E-state index < -0.39 is 0 Å². The lowest BCUT2D eigenvalue weighted by molar-refractivity contribution is 0.276. The van der Waals surface area contributed by atoms with E-state index in [1.54, 1.807) is 18.2 Å². The summed E-state index contributed by atoms with van der Waals surface area (Å²) in [6, 6.07) is 3.18. The summed E-state index contributed by atoms with van der Waals surface area (Å²) in [6.07, 6.45) is 2.15. The number of aliphatic hydroxyl groups excluding tert-OH is 1. The van der Waals surface area contributed by atoms with E-state index >= 15 is 0 Å². The number of aliphatic hydroxyl groups is 1. The van der Waals surface area contributed by atoms with Crippen molar-refractivity contribution in [1.29, 1.82) is 0 Å². The quantitative estimate of drug-likeness (QED) is 0.177. The van der Waals surface area contributed by atoms with Crippen LogP contribution in [0.1, 0.15) is 6.42 Å². The summed E-state index contributed by atoms with van der Waals surface area (Å²) >= 11 is 25.3. The van der Waals surface area contributed by atoms with Gasteiger partial charge in [0.15, 0.2) is 11.6 Å². The second-order valence-electron chi connectivity index (χ2n) is 9.59. The summed E-state index contributed by atoms with van der Waals surface area (Å²) in [5, 5.41) is 33.4. The number of aromatic nitrogens is 12. The van der Waals surface area contributed by atoms with Crippen LogP contribution in [0.3, 0.4) is 0 Å². The van der Waals surface area contributed by atoms with Crippen molar-refractivity contribution in [2.75, 3.05) is 35.0 Å². The number of methoxy groups -OCH3 is 4. The Bertz CT molecular complexity index is 2150. The molecule has 0 amide bonds. The number of fused-ring (bicyclic) bond motifs is 2. The zero-order chi connectivity index (χ0) is 35.2. The highest BCUT2D eigenvalue weighted by atomic mass is 35.5. The van der Waals surface area contributed by atoms with E-state index in [0.29, 0.717) is 69.4 Å². The van der Waals surface area contributed by atoms with Crippen LogP contribution < -0.4 is 18.9 Å². The monoisotopic (exact) mass is 750 g/mol. The van der Waals surface area contributed by atoms with Crippen molar-refractivity contribution in [3.05, 3.63) is 44.9 Å². The second-order valence-corrected chi connectivity index (χ2v) is 11.2. The minimum Gasteiger partial charge on any atom is -0.477 e. The van der Waals surface area contributed by atoms with E-state index in [0.717, 1.165) is 0 Å². The highest BCUT2D eigenvalue weighted by Crippen LogP contribution is 2.41. The summed E-state index contributed by atoms with van der Waals surface area (Å²) in [5.41, 5.74) is 2.69. The topological polar surface area (TPSA) is 196 Å². The Morgan fingerprint density at radius 1 is 0.694 bits per heavy atom. The van der Waals surface area contributed by atoms with Gasteiger partial charge in [-0.25, -0.2) is 29.3 Å². The van der Waals surface area contributed by atoms with Crippen LogP contribution in [0.25, 0.3) is 44.8 Å². The first-order chi connectivity index (χ1) is 23.7. The Morgan fingerprint density at radius 2 is 1.12 bits per heavy atom. The summed E-state index contributed by atoms with van der Waals surface area (Å²) in [6.45, 7) is 4.49. The molecule has 0 aliphatic carbocycles. The van der Waals surface area contributed by atoms with E-state index in [1.807, 2.05) is 0 Å². The molecule has 21 heteroatoms. The summed E-state index contributed by atoms with van der Waals surface area (Å²) in [7, 11) is 5.87. The molecule has 6 rings (SSSR count). The fourth-order valence-electron chi connectivity index (χ4n) is 4.54. The number of hydrogen-bond donors (Lipinski definition) is 1. The van der Waals surface area contributed by atoms with Crippen molar-refractivity contribution < 1.29 is 24.1 Å². The molecule has 6 aromatic rings. The molecule has 0 saturated heterocycles. The summed E-state index contributed by atoms with van der Waals surface area (Å²) in [5.74, 6) is 1.64. The van der Waals surface area contributed by atoms with E-state index in [4.69, 9.17) is 70.5 Å². The maximum absolute atomic E-state index is 9.04. The number of rotatable bonds is 11. The first kappa shape index (κ1) is 35.6. The maximum Gasteiger partial charge on any atom is 0.278 e. The van der Waals surface area contributed by atoms with Gasteiger partial charge in [-0.05, 0) is 39.4 Å². The van der Waals surface area contributed by atoms with Gasteiger partial charge in [0.05, 0.1) is 77.2 Å². The van der Waals surface area contributed by atoms with Crippen LogP contribution in [0.15, 0.2) is 24.8 Å². The lowest BCUT2D eigenvalue weighted by Gasteiger charge is -2.12. The van der Waals surface area contributed by atoms with Crippen LogP contribution >= 0.6 is 46.4 Å². The largest absolute Gasteiger partial charge is 0.477 e. The molecular weight excluding hydrogens is 726 g/mol. The van der Waals surface area contributed by atoms with Gasteiger partial charge in [0.2, 0.25) is 0 Å². The first-order valence-corrected chi connectivity index (χ1v) is 15.5. The van der Waals surface area contributed by atoms with Gasteiger partial charge in [0, 0.05) is 13.2 Å². The van der Waals surface area contributed by atoms with E-state index in [1.165, 1.54) is 37.8 Å². The lowest BCUT2D eigenvalue weighted by atomic mass is 10.1. The molecule has 0 radical (unpaired) electrons. The predicted molar refractivity (Wildman–Crippen MR) is 181 cm³/mol. The number of hydrogen-bond acceptors (Lipinski definition) is 15. The fraction of sp³-hybridized carbons (Fsp3) is 0.286. The third-order valence-corrected chi connectivity index (χ3v) is 8.27. The molecule has 0 atom stereocenters. The number of nitrogens with zero attached hydrogens (tertiary/aromatic N) is 12. The Labute approximate surface area is 297 Å². The molecule has 0 aliphatic rings. The molecule has 0 fully saturated rings. The van der Waals surface area contributed by atoms with E-state index in [9.17, 15) is 0 Å². The molecule has 0 unspecified atom stereocenters. The van der Waals surface area contributed by atoms with Crippen LogP contribution in [0.2, 0.25) is 20.1 Å². The predicted octanol–water partition coefficient (Wildman–Crippen LogP) is 4.78.